The van der Waals surface area contributed by atoms with Crippen molar-refractivity contribution in [3.05, 3.63) is 235 Å². The van der Waals surface area contributed by atoms with Crippen LogP contribution < -0.4 is 4.90 Å². The van der Waals surface area contributed by atoms with E-state index in [2.05, 4.69) is 217 Å². The standard InChI is InChI=1S/C55H35NS/c1-3-13-36(14-4-1)38-23-27-40(28-24-38)56(41-29-25-39(26-30-41)37-15-5-2-6-16-37)42-31-34-52-47(35-42)45-32-33-51-53(54(45)57-52)46-19-9-12-22-50(46)55(51)48-20-10-7-17-43(48)44-18-8-11-21-49(44)55/h1-35H. The lowest BCUT2D eigenvalue weighted by Gasteiger charge is -2.30. The van der Waals surface area contributed by atoms with E-state index in [4.69, 9.17) is 0 Å². The van der Waals surface area contributed by atoms with Crippen molar-refractivity contribution in [3.63, 3.8) is 0 Å². The minimum Gasteiger partial charge on any atom is -0.310 e. The van der Waals surface area contributed by atoms with Gasteiger partial charge >= 0.3 is 0 Å². The Kier molecular flexibility index (Phi) is 7.08. The molecule has 2 heteroatoms. The van der Waals surface area contributed by atoms with Crippen molar-refractivity contribution in [3.8, 4) is 44.5 Å². The molecular weight excluding hydrogens is 707 g/mol. The van der Waals surface area contributed by atoms with Gasteiger partial charge in [0, 0.05) is 42.8 Å². The number of hydrogen-bond donors (Lipinski definition) is 0. The maximum absolute atomic E-state index is 2.44. The largest absolute Gasteiger partial charge is 0.310 e. The average molecular weight is 742 g/mol. The maximum Gasteiger partial charge on any atom is 0.0726 e. The molecule has 0 fully saturated rings. The molecule has 0 unspecified atom stereocenters. The van der Waals surface area contributed by atoms with Crippen LogP contribution in [-0.2, 0) is 5.41 Å². The molecule has 57 heavy (non-hydrogen) atoms. The number of benzene rings is 9. The molecule has 1 spiro atoms. The van der Waals surface area contributed by atoms with Crippen LogP contribution in [0, 0.1) is 0 Å². The van der Waals surface area contributed by atoms with Crippen LogP contribution in [0.1, 0.15) is 22.3 Å². The molecule has 0 saturated carbocycles. The summed E-state index contributed by atoms with van der Waals surface area (Å²) in [5.74, 6) is 0. The quantitative estimate of drug-likeness (QED) is 0.170. The Morgan fingerprint density at radius 2 is 0.789 bits per heavy atom. The summed E-state index contributed by atoms with van der Waals surface area (Å²) in [5.41, 5.74) is 18.8. The van der Waals surface area contributed by atoms with Gasteiger partial charge in [0.25, 0.3) is 0 Å². The lowest BCUT2D eigenvalue weighted by atomic mass is 9.70. The van der Waals surface area contributed by atoms with Crippen molar-refractivity contribution in [1.29, 1.82) is 0 Å². The van der Waals surface area contributed by atoms with Crippen molar-refractivity contribution >= 4 is 48.6 Å². The second kappa shape index (κ2) is 12.5. The summed E-state index contributed by atoms with van der Waals surface area (Å²) < 4.78 is 2.66. The van der Waals surface area contributed by atoms with E-state index >= 15 is 0 Å². The molecule has 0 saturated heterocycles. The first-order valence-corrected chi connectivity index (χ1v) is 20.5. The van der Waals surface area contributed by atoms with Crippen LogP contribution in [0.5, 0.6) is 0 Å². The third-order valence-electron chi connectivity index (χ3n) is 12.3. The number of thiophene rings is 1. The molecule has 10 aromatic rings. The number of nitrogens with zero attached hydrogens (tertiary/aromatic N) is 1. The smallest absolute Gasteiger partial charge is 0.0726 e. The number of hydrogen-bond acceptors (Lipinski definition) is 2. The SMILES string of the molecule is c1ccc(-c2ccc(N(c3ccc(-c4ccccc4)cc3)c3ccc4sc5c6c(ccc5c4c3)C3(c4ccccc4-c4ccccc43)c3ccccc3-6)cc2)cc1. The summed E-state index contributed by atoms with van der Waals surface area (Å²) in [4.78, 5) is 2.40. The molecule has 0 bridgehead atoms. The molecule has 0 amide bonds. The fourth-order valence-corrected chi connectivity index (χ4v) is 11.1. The summed E-state index contributed by atoms with van der Waals surface area (Å²) in [6, 6.07) is 78.4. The topological polar surface area (TPSA) is 3.24 Å². The van der Waals surface area contributed by atoms with E-state index in [-0.39, 0.29) is 5.41 Å². The average Bonchev–Trinajstić information content (AvgIpc) is 3.91. The van der Waals surface area contributed by atoms with Gasteiger partial charge < -0.3 is 4.90 Å². The van der Waals surface area contributed by atoms with E-state index < -0.39 is 0 Å². The van der Waals surface area contributed by atoms with Crippen molar-refractivity contribution < 1.29 is 0 Å². The summed E-state index contributed by atoms with van der Waals surface area (Å²) in [6.07, 6.45) is 0. The van der Waals surface area contributed by atoms with Crippen LogP contribution in [0.15, 0.2) is 212 Å². The molecular formula is C55H35NS. The molecule has 0 atom stereocenters. The second-order valence-corrected chi connectivity index (χ2v) is 16.2. The molecule has 2 aliphatic carbocycles. The van der Waals surface area contributed by atoms with Gasteiger partial charge in [0.15, 0.2) is 0 Å². The van der Waals surface area contributed by atoms with E-state index in [1.165, 1.54) is 86.9 Å². The van der Waals surface area contributed by atoms with Gasteiger partial charge in [-0.2, -0.15) is 0 Å². The molecule has 0 radical (unpaired) electrons. The molecule has 1 nitrogen and oxygen atoms in total. The van der Waals surface area contributed by atoms with E-state index in [1.807, 2.05) is 11.3 Å². The summed E-state index contributed by atoms with van der Waals surface area (Å²) in [5, 5.41) is 2.59. The van der Waals surface area contributed by atoms with Crippen LogP contribution in [-0.4, -0.2) is 0 Å². The van der Waals surface area contributed by atoms with Crippen LogP contribution in [0.25, 0.3) is 64.7 Å². The minimum absolute atomic E-state index is 0.344. The highest BCUT2D eigenvalue weighted by molar-refractivity contribution is 7.26. The molecule has 2 aliphatic rings. The number of rotatable bonds is 5. The highest BCUT2D eigenvalue weighted by Gasteiger charge is 2.52. The van der Waals surface area contributed by atoms with Crippen LogP contribution >= 0.6 is 11.3 Å². The van der Waals surface area contributed by atoms with Crippen molar-refractivity contribution in [2.75, 3.05) is 4.90 Å². The van der Waals surface area contributed by atoms with Gasteiger partial charge in [0.2, 0.25) is 0 Å². The zero-order valence-corrected chi connectivity index (χ0v) is 31.9. The summed E-state index contributed by atoms with van der Waals surface area (Å²) in [6.45, 7) is 0. The Balaban J connectivity index is 1.04. The molecule has 9 aromatic carbocycles. The van der Waals surface area contributed by atoms with Gasteiger partial charge in [0.05, 0.1) is 5.41 Å². The zero-order valence-electron chi connectivity index (χ0n) is 31.1. The molecule has 1 heterocycles. The normalized spacial score (nSPS) is 13.1. The second-order valence-electron chi connectivity index (χ2n) is 15.2. The van der Waals surface area contributed by atoms with Gasteiger partial charge in [-0.3, -0.25) is 0 Å². The Bertz CT molecular complexity index is 3030. The van der Waals surface area contributed by atoms with Gasteiger partial charge in [-0.25, -0.2) is 0 Å². The van der Waals surface area contributed by atoms with E-state index in [0.29, 0.717) is 0 Å². The highest BCUT2D eigenvalue weighted by Crippen LogP contribution is 2.64. The molecule has 0 N–H and O–H groups in total. The lowest BCUT2D eigenvalue weighted by Crippen LogP contribution is -2.25. The summed E-state index contributed by atoms with van der Waals surface area (Å²) in [7, 11) is 0. The first-order valence-electron chi connectivity index (χ1n) is 19.7. The van der Waals surface area contributed by atoms with E-state index in [0.717, 1.165) is 17.1 Å². The number of fused-ring (bicyclic) bond motifs is 14. The Labute approximate surface area is 336 Å². The predicted octanol–water partition coefficient (Wildman–Crippen LogP) is 15.2. The molecule has 12 rings (SSSR count). The first kappa shape index (κ1) is 32.3. The zero-order chi connectivity index (χ0) is 37.5. The van der Waals surface area contributed by atoms with Crippen molar-refractivity contribution in [2.45, 2.75) is 5.41 Å². The fourth-order valence-electron chi connectivity index (χ4n) is 9.85. The third-order valence-corrected chi connectivity index (χ3v) is 13.5. The van der Waals surface area contributed by atoms with Crippen LogP contribution in [0.4, 0.5) is 17.1 Å². The summed E-state index contributed by atoms with van der Waals surface area (Å²) >= 11 is 1.93. The number of anilines is 3. The Hall–Kier alpha value is -7.00. The van der Waals surface area contributed by atoms with E-state index in [9.17, 15) is 0 Å². The van der Waals surface area contributed by atoms with Crippen LogP contribution in [0.2, 0.25) is 0 Å². The van der Waals surface area contributed by atoms with Gasteiger partial charge in [-0.15, -0.1) is 11.3 Å². The van der Waals surface area contributed by atoms with Crippen molar-refractivity contribution in [1.82, 2.24) is 0 Å². The first-order chi connectivity index (χ1) is 28.3. The highest BCUT2D eigenvalue weighted by atomic mass is 32.1. The molecule has 266 valence electrons. The van der Waals surface area contributed by atoms with E-state index in [1.54, 1.807) is 0 Å². The maximum atomic E-state index is 2.44. The monoisotopic (exact) mass is 741 g/mol. The van der Waals surface area contributed by atoms with Crippen molar-refractivity contribution in [2.24, 2.45) is 0 Å². The molecule has 0 aliphatic heterocycles. The van der Waals surface area contributed by atoms with Gasteiger partial charge in [-0.05, 0) is 104 Å². The lowest BCUT2D eigenvalue weighted by molar-refractivity contribution is 0.794. The Morgan fingerprint density at radius 1 is 0.333 bits per heavy atom. The molecule has 1 aromatic heterocycles. The van der Waals surface area contributed by atoms with Gasteiger partial charge in [0.1, 0.15) is 0 Å². The van der Waals surface area contributed by atoms with Crippen LogP contribution in [0.3, 0.4) is 0 Å². The predicted molar refractivity (Wildman–Crippen MR) is 241 cm³/mol. The van der Waals surface area contributed by atoms with Gasteiger partial charge in [-0.1, -0.05) is 170 Å². The fraction of sp³-hybridized carbons (Fsp3) is 0.0182. The minimum atomic E-state index is -0.344. The third kappa shape index (κ3) is 4.68. The Morgan fingerprint density at radius 3 is 1.35 bits per heavy atom.